The fourth-order valence-corrected chi connectivity index (χ4v) is 4.01. The van der Waals surface area contributed by atoms with Gasteiger partial charge in [-0.25, -0.2) is 8.78 Å². The number of hydrazine groups is 1. The van der Waals surface area contributed by atoms with Crippen molar-refractivity contribution < 1.29 is 8.78 Å². The second-order valence-electron chi connectivity index (χ2n) is 5.37. The number of nitrogens with one attached hydrogen (secondary N) is 1. The van der Waals surface area contributed by atoms with Crippen LogP contribution in [-0.4, -0.2) is 17.0 Å². The molecule has 3 N–H and O–H groups in total. The predicted molar refractivity (Wildman–Crippen MR) is 80.5 cm³/mol. The number of hydrogen-bond acceptors (Lipinski definition) is 3. The van der Waals surface area contributed by atoms with Crippen LogP contribution >= 0.6 is 11.8 Å². The Morgan fingerprint density at radius 1 is 1.25 bits per heavy atom. The van der Waals surface area contributed by atoms with Crippen molar-refractivity contribution in [3.8, 4) is 0 Å². The number of nitrogens with two attached hydrogens (primary N) is 1. The van der Waals surface area contributed by atoms with Gasteiger partial charge in [-0.2, -0.15) is 11.8 Å². The van der Waals surface area contributed by atoms with Gasteiger partial charge < -0.3 is 0 Å². The molecule has 0 heterocycles. The first-order valence-electron chi connectivity index (χ1n) is 7.21. The van der Waals surface area contributed by atoms with Gasteiger partial charge in [0, 0.05) is 17.0 Å². The molecular weight excluding hydrogens is 278 g/mol. The maximum Gasteiger partial charge on any atom is 0.162 e. The van der Waals surface area contributed by atoms with Crippen molar-refractivity contribution >= 4 is 11.8 Å². The SMILES string of the molecule is NNC(CSC1CCCCC1)Cc1cccc(F)c1F. The van der Waals surface area contributed by atoms with E-state index in [1.54, 1.807) is 6.07 Å². The highest BCUT2D eigenvalue weighted by molar-refractivity contribution is 7.99. The Morgan fingerprint density at radius 2 is 2.00 bits per heavy atom. The third-order valence-electron chi connectivity index (χ3n) is 3.82. The van der Waals surface area contributed by atoms with Gasteiger partial charge in [-0.3, -0.25) is 11.3 Å². The lowest BCUT2D eigenvalue weighted by Gasteiger charge is -2.24. The van der Waals surface area contributed by atoms with Gasteiger partial charge in [0.25, 0.3) is 0 Å². The molecule has 0 bridgehead atoms. The molecule has 1 atom stereocenters. The van der Waals surface area contributed by atoms with Crippen LogP contribution in [0.15, 0.2) is 18.2 Å². The molecule has 0 spiro atoms. The van der Waals surface area contributed by atoms with Crippen LogP contribution in [0.25, 0.3) is 0 Å². The zero-order chi connectivity index (χ0) is 14.4. The van der Waals surface area contributed by atoms with Crippen LogP contribution in [-0.2, 0) is 6.42 Å². The maximum absolute atomic E-state index is 13.6. The van der Waals surface area contributed by atoms with E-state index in [0.29, 0.717) is 17.2 Å². The molecule has 1 aliphatic carbocycles. The van der Waals surface area contributed by atoms with Gasteiger partial charge in [-0.1, -0.05) is 31.4 Å². The molecule has 1 aromatic rings. The summed E-state index contributed by atoms with van der Waals surface area (Å²) in [5.41, 5.74) is 3.11. The Balaban J connectivity index is 1.86. The van der Waals surface area contributed by atoms with Gasteiger partial charge in [-0.15, -0.1) is 0 Å². The Bertz CT molecular complexity index is 422. The highest BCUT2D eigenvalue weighted by Gasteiger charge is 2.18. The Hall–Kier alpha value is -0.650. The fraction of sp³-hybridized carbons (Fsp3) is 0.600. The molecule has 1 saturated carbocycles. The topological polar surface area (TPSA) is 38.0 Å². The van der Waals surface area contributed by atoms with E-state index in [0.717, 1.165) is 11.8 Å². The molecule has 112 valence electrons. The van der Waals surface area contributed by atoms with Crippen LogP contribution in [0.4, 0.5) is 8.78 Å². The van der Waals surface area contributed by atoms with Crippen LogP contribution in [0.2, 0.25) is 0 Å². The van der Waals surface area contributed by atoms with Crippen LogP contribution in [0.3, 0.4) is 0 Å². The molecule has 1 aliphatic rings. The van der Waals surface area contributed by atoms with Crippen LogP contribution < -0.4 is 11.3 Å². The van der Waals surface area contributed by atoms with Crippen molar-refractivity contribution in [2.24, 2.45) is 5.84 Å². The van der Waals surface area contributed by atoms with E-state index in [9.17, 15) is 8.78 Å². The van der Waals surface area contributed by atoms with E-state index in [-0.39, 0.29) is 6.04 Å². The van der Waals surface area contributed by atoms with Gasteiger partial charge >= 0.3 is 0 Å². The molecule has 0 aliphatic heterocycles. The van der Waals surface area contributed by atoms with E-state index in [4.69, 9.17) is 5.84 Å². The van der Waals surface area contributed by atoms with Gasteiger partial charge in [0.15, 0.2) is 11.6 Å². The summed E-state index contributed by atoms with van der Waals surface area (Å²) in [5.74, 6) is 4.83. The van der Waals surface area contributed by atoms with E-state index < -0.39 is 11.6 Å². The molecule has 0 aromatic heterocycles. The number of halogens is 2. The van der Waals surface area contributed by atoms with Crippen molar-refractivity contribution in [3.05, 3.63) is 35.4 Å². The lowest BCUT2D eigenvalue weighted by atomic mass is 10.0. The molecule has 0 saturated heterocycles. The molecule has 0 amide bonds. The first-order valence-corrected chi connectivity index (χ1v) is 8.26. The minimum absolute atomic E-state index is 0.0294. The lowest BCUT2D eigenvalue weighted by Crippen LogP contribution is -2.39. The summed E-state index contributed by atoms with van der Waals surface area (Å²) in [6, 6.07) is 4.27. The molecule has 2 nitrogen and oxygen atoms in total. The maximum atomic E-state index is 13.6. The minimum atomic E-state index is -0.793. The van der Waals surface area contributed by atoms with Crippen LogP contribution in [0, 0.1) is 11.6 Å². The van der Waals surface area contributed by atoms with Crippen LogP contribution in [0.5, 0.6) is 0 Å². The summed E-state index contributed by atoms with van der Waals surface area (Å²) >= 11 is 1.90. The zero-order valence-corrected chi connectivity index (χ0v) is 12.4. The van der Waals surface area contributed by atoms with Crippen LogP contribution in [0.1, 0.15) is 37.7 Å². The van der Waals surface area contributed by atoms with E-state index in [1.807, 2.05) is 11.8 Å². The molecule has 0 radical (unpaired) electrons. The quantitative estimate of drug-likeness (QED) is 0.624. The second-order valence-corrected chi connectivity index (χ2v) is 6.71. The summed E-state index contributed by atoms with van der Waals surface area (Å²) in [4.78, 5) is 0. The Morgan fingerprint density at radius 3 is 2.70 bits per heavy atom. The average Bonchev–Trinajstić information content (AvgIpc) is 2.49. The lowest BCUT2D eigenvalue weighted by molar-refractivity contribution is 0.485. The average molecular weight is 300 g/mol. The van der Waals surface area contributed by atoms with Crippen molar-refractivity contribution in [2.45, 2.75) is 49.8 Å². The summed E-state index contributed by atoms with van der Waals surface area (Å²) in [7, 11) is 0. The number of thioether (sulfide) groups is 1. The van der Waals surface area contributed by atoms with Crippen molar-refractivity contribution in [1.82, 2.24) is 5.43 Å². The molecule has 2 rings (SSSR count). The normalized spacial score (nSPS) is 18.1. The zero-order valence-electron chi connectivity index (χ0n) is 11.6. The Kier molecular flexibility index (Phi) is 6.26. The highest BCUT2D eigenvalue weighted by Crippen LogP contribution is 2.29. The first kappa shape index (κ1) is 15.7. The highest BCUT2D eigenvalue weighted by atomic mass is 32.2. The third-order valence-corrected chi connectivity index (χ3v) is 5.36. The number of hydrogen-bond donors (Lipinski definition) is 2. The van der Waals surface area contributed by atoms with E-state index in [2.05, 4.69) is 5.43 Å². The van der Waals surface area contributed by atoms with E-state index in [1.165, 1.54) is 38.2 Å². The fourth-order valence-electron chi connectivity index (χ4n) is 2.62. The van der Waals surface area contributed by atoms with Crippen molar-refractivity contribution in [1.29, 1.82) is 0 Å². The standard InChI is InChI=1S/C15H22F2N2S/c16-14-8-4-5-11(15(14)17)9-12(19-18)10-20-13-6-2-1-3-7-13/h4-5,8,12-13,19H,1-3,6-7,9-10,18H2. The Labute approximate surface area is 123 Å². The largest absolute Gasteiger partial charge is 0.271 e. The van der Waals surface area contributed by atoms with Crippen molar-refractivity contribution in [2.75, 3.05) is 5.75 Å². The summed E-state index contributed by atoms with van der Waals surface area (Å²) in [6.07, 6.45) is 6.88. The molecule has 1 unspecified atom stereocenters. The molecule has 5 heteroatoms. The van der Waals surface area contributed by atoms with Gasteiger partial charge in [-0.05, 0) is 30.9 Å². The monoisotopic (exact) mass is 300 g/mol. The molecule has 20 heavy (non-hydrogen) atoms. The summed E-state index contributed by atoms with van der Waals surface area (Å²) in [6.45, 7) is 0. The smallest absolute Gasteiger partial charge is 0.162 e. The molecule has 1 aromatic carbocycles. The summed E-state index contributed by atoms with van der Waals surface area (Å²) < 4.78 is 26.8. The first-order chi connectivity index (χ1) is 9.70. The molecule has 1 fully saturated rings. The predicted octanol–water partition coefficient (Wildman–Crippen LogP) is 3.41. The summed E-state index contributed by atoms with van der Waals surface area (Å²) in [5, 5.41) is 0.692. The van der Waals surface area contributed by atoms with Gasteiger partial charge in [0.2, 0.25) is 0 Å². The second kappa shape index (κ2) is 7.96. The van der Waals surface area contributed by atoms with E-state index >= 15 is 0 Å². The van der Waals surface area contributed by atoms with Gasteiger partial charge in [0.1, 0.15) is 0 Å². The number of rotatable bonds is 6. The van der Waals surface area contributed by atoms with Gasteiger partial charge in [0.05, 0.1) is 0 Å². The number of benzene rings is 1. The minimum Gasteiger partial charge on any atom is -0.271 e. The molecular formula is C15H22F2N2S. The van der Waals surface area contributed by atoms with Crippen molar-refractivity contribution in [3.63, 3.8) is 0 Å². The third kappa shape index (κ3) is 4.43.